The zero-order valence-electron chi connectivity index (χ0n) is 15.8. The van der Waals surface area contributed by atoms with E-state index in [9.17, 15) is 9.59 Å². The quantitative estimate of drug-likeness (QED) is 0.551. The molecular formula is C23H20ClNO4. The molecule has 0 saturated heterocycles. The maximum Gasteiger partial charge on any atom is 0.342 e. The molecule has 1 N–H and O–H groups in total. The van der Waals surface area contributed by atoms with Gasteiger partial charge in [0.25, 0.3) is 5.91 Å². The van der Waals surface area contributed by atoms with Gasteiger partial charge in [0, 0.05) is 10.7 Å². The average molecular weight is 410 g/mol. The van der Waals surface area contributed by atoms with E-state index in [2.05, 4.69) is 5.32 Å². The zero-order valence-corrected chi connectivity index (χ0v) is 16.6. The van der Waals surface area contributed by atoms with Gasteiger partial charge in [-0.25, -0.2) is 4.79 Å². The van der Waals surface area contributed by atoms with E-state index in [1.54, 1.807) is 48.5 Å². The number of amides is 1. The van der Waals surface area contributed by atoms with Crippen molar-refractivity contribution >= 4 is 29.2 Å². The average Bonchev–Trinajstić information content (AvgIpc) is 2.74. The van der Waals surface area contributed by atoms with Gasteiger partial charge in [-0.2, -0.15) is 0 Å². The fourth-order valence-electron chi connectivity index (χ4n) is 2.55. The van der Waals surface area contributed by atoms with Gasteiger partial charge in [-0.05, 0) is 48.9 Å². The Morgan fingerprint density at radius 2 is 1.59 bits per heavy atom. The van der Waals surface area contributed by atoms with E-state index in [0.29, 0.717) is 23.1 Å². The van der Waals surface area contributed by atoms with Crippen LogP contribution < -0.4 is 10.1 Å². The molecule has 29 heavy (non-hydrogen) atoms. The van der Waals surface area contributed by atoms with Gasteiger partial charge in [0.1, 0.15) is 17.9 Å². The first kappa shape index (κ1) is 20.4. The molecule has 0 saturated carbocycles. The van der Waals surface area contributed by atoms with E-state index in [-0.39, 0.29) is 5.56 Å². The van der Waals surface area contributed by atoms with Crippen molar-refractivity contribution in [1.82, 2.24) is 0 Å². The number of hydrogen-bond acceptors (Lipinski definition) is 4. The number of halogens is 1. The summed E-state index contributed by atoms with van der Waals surface area (Å²) in [6.07, 6.45) is -0.986. The Labute approximate surface area is 174 Å². The van der Waals surface area contributed by atoms with Crippen LogP contribution in [0.4, 0.5) is 5.69 Å². The summed E-state index contributed by atoms with van der Waals surface area (Å²) < 4.78 is 11.1. The molecule has 3 aromatic carbocycles. The molecule has 1 atom stereocenters. The normalized spacial score (nSPS) is 11.4. The highest BCUT2D eigenvalue weighted by Crippen LogP contribution is 2.21. The second-order valence-corrected chi connectivity index (χ2v) is 6.75. The molecule has 0 radical (unpaired) electrons. The van der Waals surface area contributed by atoms with Crippen LogP contribution in [-0.2, 0) is 16.1 Å². The molecule has 0 bridgehead atoms. The van der Waals surface area contributed by atoms with Crippen LogP contribution in [0, 0.1) is 0 Å². The number of carbonyl (C=O) groups excluding carboxylic acids is 2. The Hall–Kier alpha value is -3.31. The monoisotopic (exact) mass is 409 g/mol. The van der Waals surface area contributed by atoms with Gasteiger partial charge in [0.2, 0.25) is 0 Å². The number of carbonyl (C=O) groups is 2. The lowest BCUT2D eigenvalue weighted by molar-refractivity contribution is -0.123. The number of ether oxygens (including phenoxy) is 2. The molecule has 0 unspecified atom stereocenters. The molecule has 3 aromatic rings. The van der Waals surface area contributed by atoms with E-state index in [4.69, 9.17) is 21.1 Å². The molecule has 0 spiro atoms. The lowest BCUT2D eigenvalue weighted by atomic mass is 10.2. The fraction of sp³-hybridized carbons (Fsp3) is 0.130. The Balaban J connectivity index is 1.62. The van der Waals surface area contributed by atoms with E-state index in [0.717, 1.165) is 5.56 Å². The summed E-state index contributed by atoms with van der Waals surface area (Å²) in [4.78, 5) is 24.9. The van der Waals surface area contributed by atoms with E-state index >= 15 is 0 Å². The van der Waals surface area contributed by atoms with Crippen molar-refractivity contribution in [3.63, 3.8) is 0 Å². The molecule has 1 amide bonds. The minimum atomic E-state index is -0.986. The molecular weight excluding hydrogens is 390 g/mol. The van der Waals surface area contributed by atoms with Gasteiger partial charge in [0.05, 0.1) is 0 Å². The van der Waals surface area contributed by atoms with Crippen molar-refractivity contribution in [2.24, 2.45) is 0 Å². The first-order chi connectivity index (χ1) is 14.0. The number of para-hydroxylation sites is 1. The van der Waals surface area contributed by atoms with Gasteiger partial charge in [-0.1, -0.05) is 54.1 Å². The molecule has 0 aliphatic rings. The van der Waals surface area contributed by atoms with Crippen molar-refractivity contribution in [3.05, 3.63) is 95.0 Å². The number of rotatable bonds is 7. The second kappa shape index (κ2) is 9.75. The summed E-state index contributed by atoms with van der Waals surface area (Å²) in [5.74, 6) is -0.678. The first-order valence-corrected chi connectivity index (χ1v) is 9.44. The van der Waals surface area contributed by atoms with Crippen molar-refractivity contribution in [2.45, 2.75) is 19.6 Å². The maximum atomic E-state index is 12.6. The molecule has 0 heterocycles. The van der Waals surface area contributed by atoms with Gasteiger partial charge in [0.15, 0.2) is 6.10 Å². The zero-order chi connectivity index (χ0) is 20.6. The summed E-state index contributed by atoms with van der Waals surface area (Å²) in [5.41, 5.74) is 1.80. The Morgan fingerprint density at radius 1 is 0.931 bits per heavy atom. The van der Waals surface area contributed by atoms with Gasteiger partial charge >= 0.3 is 5.97 Å². The summed E-state index contributed by atoms with van der Waals surface area (Å²) in [6.45, 7) is 1.83. The number of nitrogens with one attached hydrogen (secondary N) is 1. The molecule has 3 rings (SSSR count). The lowest BCUT2D eigenvalue weighted by Gasteiger charge is -2.15. The number of anilines is 1. The second-order valence-electron chi connectivity index (χ2n) is 6.31. The van der Waals surface area contributed by atoms with Gasteiger partial charge in [-0.3, -0.25) is 4.79 Å². The van der Waals surface area contributed by atoms with Crippen LogP contribution >= 0.6 is 11.6 Å². The highest BCUT2D eigenvalue weighted by Gasteiger charge is 2.21. The van der Waals surface area contributed by atoms with Crippen molar-refractivity contribution in [1.29, 1.82) is 0 Å². The van der Waals surface area contributed by atoms with Crippen LogP contribution in [0.5, 0.6) is 5.75 Å². The molecule has 148 valence electrons. The number of esters is 1. The Kier molecular flexibility index (Phi) is 6.87. The third-order valence-electron chi connectivity index (χ3n) is 4.11. The molecule has 5 nitrogen and oxygen atoms in total. The predicted octanol–water partition coefficient (Wildman–Crippen LogP) is 5.10. The Bertz CT molecular complexity index is 974. The smallest absolute Gasteiger partial charge is 0.342 e. The number of benzene rings is 3. The first-order valence-electron chi connectivity index (χ1n) is 9.06. The minimum absolute atomic E-state index is 0.259. The van der Waals surface area contributed by atoms with E-state index in [1.165, 1.54) is 6.92 Å². The van der Waals surface area contributed by atoms with Crippen molar-refractivity contribution in [3.8, 4) is 5.75 Å². The molecule has 0 aromatic heterocycles. The van der Waals surface area contributed by atoms with Crippen LogP contribution in [-0.4, -0.2) is 18.0 Å². The summed E-state index contributed by atoms with van der Waals surface area (Å²) in [7, 11) is 0. The van der Waals surface area contributed by atoms with E-state index < -0.39 is 18.0 Å². The lowest BCUT2D eigenvalue weighted by Crippen LogP contribution is -2.30. The summed E-state index contributed by atoms with van der Waals surface area (Å²) in [6, 6.07) is 23.1. The SMILES string of the molecule is C[C@H](OC(=O)c1ccccc1OCc1ccccc1)C(=O)Nc1ccc(Cl)cc1. The molecule has 0 fully saturated rings. The molecule has 0 aliphatic heterocycles. The summed E-state index contributed by atoms with van der Waals surface area (Å²) in [5, 5.41) is 3.25. The third kappa shape index (κ3) is 5.83. The van der Waals surface area contributed by atoms with Gasteiger partial charge < -0.3 is 14.8 Å². The van der Waals surface area contributed by atoms with Crippen LogP contribution in [0.25, 0.3) is 0 Å². The van der Waals surface area contributed by atoms with Crippen LogP contribution in [0.1, 0.15) is 22.8 Å². The third-order valence-corrected chi connectivity index (χ3v) is 4.36. The predicted molar refractivity (Wildman–Crippen MR) is 112 cm³/mol. The van der Waals surface area contributed by atoms with Crippen LogP contribution in [0.15, 0.2) is 78.9 Å². The molecule has 0 aliphatic carbocycles. The maximum absolute atomic E-state index is 12.6. The van der Waals surface area contributed by atoms with Crippen molar-refractivity contribution in [2.75, 3.05) is 5.32 Å². The topological polar surface area (TPSA) is 64.6 Å². The number of hydrogen-bond donors (Lipinski definition) is 1. The summed E-state index contributed by atoms with van der Waals surface area (Å²) >= 11 is 5.83. The van der Waals surface area contributed by atoms with Gasteiger partial charge in [-0.15, -0.1) is 0 Å². The fourth-order valence-corrected chi connectivity index (χ4v) is 2.68. The highest BCUT2D eigenvalue weighted by molar-refractivity contribution is 6.30. The Morgan fingerprint density at radius 3 is 2.31 bits per heavy atom. The standard InChI is InChI=1S/C23H20ClNO4/c1-16(22(26)25-19-13-11-18(24)12-14-19)29-23(27)20-9-5-6-10-21(20)28-15-17-7-3-2-4-8-17/h2-14,16H,15H2,1H3,(H,25,26)/t16-/m0/s1. The highest BCUT2D eigenvalue weighted by atomic mass is 35.5. The van der Waals surface area contributed by atoms with E-state index in [1.807, 2.05) is 30.3 Å². The minimum Gasteiger partial charge on any atom is -0.488 e. The van der Waals surface area contributed by atoms with Crippen LogP contribution in [0.2, 0.25) is 5.02 Å². The largest absolute Gasteiger partial charge is 0.488 e. The van der Waals surface area contributed by atoms with Crippen molar-refractivity contribution < 1.29 is 19.1 Å². The molecule has 6 heteroatoms. The van der Waals surface area contributed by atoms with Crippen LogP contribution in [0.3, 0.4) is 0 Å².